The minimum absolute atomic E-state index is 0.242. The molecule has 0 aliphatic rings. The zero-order valence-electron chi connectivity index (χ0n) is 11.7. The van der Waals surface area contributed by atoms with Crippen molar-refractivity contribution in [3.8, 4) is 0 Å². The second kappa shape index (κ2) is 8.89. The average molecular weight is 304 g/mol. The summed E-state index contributed by atoms with van der Waals surface area (Å²) in [6.45, 7) is 1.86. The molecule has 0 aliphatic carbocycles. The Kier molecular flexibility index (Phi) is 7.51. The minimum Gasteiger partial charge on any atom is -0.469 e. The third-order valence-electron chi connectivity index (χ3n) is 2.91. The van der Waals surface area contributed by atoms with Crippen LogP contribution in [0.5, 0.6) is 0 Å². The highest BCUT2D eigenvalue weighted by atomic mass is 35.5. The number of carbonyl (C=O) groups is 1. The number of hydrogen-bond acceptors (Lipinski definition) is 4. The van der Waals surface area contributed by atoms with Gasteiger partial charge in [0.2, 0.25) is 0 Å². The van der Waals surface area contributed by atoms with E-state index in [0.717, 1.165) is 0 Å². The molecule has 0 N–H and O–H groups in total. The molecule has 0 radical (unpaired) electrons. The van der Waals surface area contributed by atoms with Gasteiger partial charge in [-0.1, -0.05) is 17.7 Å². The van der Waals surface area contributed by atoms with Gasteiger partial charge < -0.3 is 9.47 Å². The molecule has 0 amide bonds. The lowest BCUT2D eigenvalue weighted by atomic mass is 10.2. The smallest absolute Gasteiger partial charge is 0.306 e. The molecule has 0 atom stereocenters. The van der Waals surface area contributed by atoms with Gasteiger partial charge in [-0.2, -0.15) is 0 Å². The van der Waals surface area contributed by atoms with E-state index >= 15 is 0 Å². The van der Waals surface area contributed by atoms with Gasteiger partial charge in [-0.3, -0.25) is 9.69 Å². The van der Waals surface area contributed by atoms with E-state index in [4.69, 9.17) is 16.3 Å². The average Bonchev–Trinajstić information content (AvgIpc) is 2.44. The van der Waals surface area contributed by atoms with Gasteiger partial charge in [0.1, 0.15) is 5.82 Å². The number of ether oxygens (including phenoxy) is 2. The highest BCUT2D eigenvalue weighted by Crippen LogP contribution is 2.20. The van der Waals surface area contributed by atoms with Crippen LogP contribution in [0.1, 0.15) is 12.0 Å². The zero-order valence-corrected chi connectivity index (χ0v) is 12.5. The molecule has 0 heterocycles. The highest BCUT2D eigenvalue weighted by molar-refractivity contribution is 6.31. The van der Waals surface area contributed by atoms with Crippen molar-refractivity contribution in [1.82, 2.24) is 4.90 Å². The molecule has 4 nitrogen and oxygen atoms in total. The Morgan fingerprint density at radius 2 is 2.10 bits per heavy atom. The number of hydrogen-bond donors (Lipinski definition) is 0. The van der Waals surface area contributed by atoms with Crippen LogP contribution in [-0.4, -0.2) is 44.8 Å². The normalized spacial score (nSPS) is 10.8. The van der Waals surface area contributed by atoms with Gasteiger partial charge in [0.25, 0.3) is 0 Å². The molecule has 20 heavy (non-hydrogen) atoms. The summed E-state index contributed by atoms with van der Waals surface area (Å²) >= 11 is 6.01. The lowest BCUT2D eigenvalue weighted by Crippen LogP contribution is -2.30. The third kappa shape index (κ3) is 5.45. The minimum atomic E-state index is -0.349. The van der Waals surface area contributed by atoms with E-state index in [-0.39, 0.29) is 18.2 Å². The fourth-order valence-electron chi connectivity index (χ4n) is 1.75. The third-order valence-corrected chi connectivity index (χ3v) is 3.27. The van der Waals surface area contributed by atoms with Gasteiger partial charge >= 0.3 is 5.97 Å². The molecule has 0 bridgehead atoms. The van der Waals surface area contributed by atoms with Gasteiger partial charge in [-0.25, -0.2) is 4.39 Å². The summed E-state index contributed by atoms with van der Waals surface area (Å²) in [5.74, 6) is -0.648. The molecule has 0 aromatic heterocycles. The number of benzene rings is 1. The van der Waals surface area contributed by atoms with E-state index in [0.29, 0.717) is 36.8 Å². The van der Waals surface area contributed by atoms with E-state index in [1.807, 2.05) is 4.90 Å². The van der Waals surface area contributed by atoms with Gasteiger partial charge in [-0.05, 0) is 12.1 Å². The monoisotopic (exact) mass is 303 g/mol. The number of carbonyl (C=O) groups excluding carboxylic acids is 1. The molecular formula is C14H19ClFNO3. The van der Waals surface area contributed by atoms with Crippen molar-refractivity contribution in [3.05, 3.63) is 34.6 Å². The number of esters is 1. The summed E-state index contributed by atoms with van der Waals surface area (Å²) in [4.78, 5) is 13.1. The van der Waals surface area contributed by atoms with Crippen LogP contribution in [0.15, 0.2) is 18.2 Å². The Labute approximate surface area is 123 Å². The molecule has 0 spiro atoms. The summed E-state index contributed by atoms with van der Waals surface area (Å²) in [7, 11) is 2.93. The van der Waals surface area contributed by atoms with Crippen LogP contribution in [0.3, 0.4) is 0 Å². The van der Waals surface area contributed by atoms with Gasteiger partial charge in [-0.15, -0.1) is 0 Å². The predicted molar refractivity (Wildman–Crippen MR) is 75.2 cm³/mol. The number of nitrogens with zero attached hydrogens (tertiary/aromatic N) is 1. The second-order valence-corrected chi connectivity index (χ2v) is 4.70. The predicted octanol–water partition coefficient (Wildman–Crippen LogP) is 2.49. The standard InChI is InChI=1S/C14H19ClFNO3/c1-19-9-8-17(7-6-14(18)20-2)10-11-12(15)4-3-5-13(11)16/h3-5H,6-10H2,1-2H3. The quantitative estimate of drug-likeness (QED) is 0.692. The van der Waals surface area contributed by atoms with Crippen molar-refractivity contribution in [2.24, 2.45) is 0 Å². The van der Waals surface area contributed by atoms with Crippen LogP contribution in [-0.2, 0) is 20.8 Å². The van der Waals surface area contributed by atoms with Crippen molar-refractivity contribution < 1.29 is 18.7 Å². The molecule has 1 aromatic carbocycles. The fourth-order valence-corrected chi connectivity index (χ4v) is 1.97. The van der Waals surface area contributed by atoms with Crippen LogP contribution < -0.4 is 0 Å². The van der Waals surface area contributed by atoms with E-state index < -0.39 is 0 Å². The molecule has 1 aromatic rings. The first-order valence-electron chi connectivity index (χ1n) is 6.29. The SMILES string of the molecule is COCCN(CCC(=O)OC)Cc1c(F)cccc1Cl. The van der Waals surface area contributed by atoms with Crippen molar-refractivity contribution in [2.75, 3.05) is 33.9 Å². The van der Waals surface area contributed by atoms with Crippen LogP contribution >= 0.6 is 11.6 Å². The van der Waals surface area contributed by atoms with E-state index in [1.54, 1.807) is 19.2 Å². The van der Waals surface area contributed by atoms with Crippen LogP contribution in [0.25, 0.3) is 0 Å². The molecule has 0 unspecified atom stereocenters. The first kappa shape index (κ1) is 16.9. The molecule has 0 saturated heterocycles. The van der Waals surface area contributed by atoms with E-state index in [9.17, 15) is 9.18 Å². The molecule has 112 valence electrons. The van der Waals surface area contributed by atoms with Crippen molar-refractivity contribution in [2.45, 2.75) is 13.0 Å². The van der Waals surface area contributed by atoms with Gasteiger partial charge in [0.05, 0.1) is 20.1 Å². The topological polar surface area (TPSA) is 38.8 Å². The zero-order chi connectivity index (χ0) is 15.0. The van der Waals surface area contributed by atoms with E-state index in [2.05, 4.69) is 4.74 Å². The second-order valence-electron chi connectivity index (χ2n) is 4.30. The van der Waals surface area contributed by atoms with Crippen molar-refractivity contribution in [3.63, 3.8) is 0 Å². The fraction of sp³-hybridized carbons (Fsp3) is 0.500. The van der Waals surface area contributed by atoms with Crippen LogP contribution in [0.4, 0.5) is 4.39 Å². The maximum absolute atomic E-state index is 13.8. The lowest BCUT2D eigenvalue weighted by molar-refractivity contribution is -0.141. The summed E-state index contributed by atoms with van der Waals surface area (Å²) in [5, 5.41) is 0.380. The Morgan fingerprint density at radius 1 is 1.35 bits per heavy atom. The Hall–Kier alpha value is -1.17. The molecule has 0 aliphatic heterocycles. The number of methoxy groups -OCH3 is 2. The first-order valence-corrected chi connectivity index (χ1v) is 6.67. The molecule has 0 fully saturated rings. The maximum Gasteiger partial charge on any atom is 0.306 e. The molecule has 0 saturated carbocycles. The lowest BCUT2D eigenvalue weighted by Gasteiger charge is -2.22. The number of halogens is 2. The van der Waals surface area contributed by atoms with Crippen molar-refractivity contribution in [1.29, 1.82) is 0 Å². The molecular weight excluding hydrogens is 285 g/mol. The molecule has 6 heteroatoms. The Balaban J connectivity index is 2.70. The summed E-state index contributed by atoms with van der Waals surface area (Å²) in [5.41, 5.74) is 0.426. The molecule has 1 rings (SSSR count). The first-order chi connectivity index (χ1) is 9.58. The number of rotatable bonds is 8. The summed E-state index contributed by atoms with van der Waals surface area (Å²) < 4.78 is 23.4. The Morgan fingerprint density at radius 3 is 2.70 bits per heavy atom. The van der Waals surface area contributed by atoms with Crippen LogP contribution in [0, 0.1) is 5.82 Å². The highest BCUT2D eigenvalue weighted by Gasteiger charge is 2.14. The van der Waals surface area contributed by atoms with E-state index in [1.165, 1.54) is 13.2 Å². The van der Waals surface area contributed by atoms with Crippen molar-refractivity contribution >= 4 is 17.6 Å². The van der Waals surface area contributed by atoms with Gasteiger partial charge in [0, 0.05) is 37.3 Å². The van der Waals surface area contributed by atoms with Crippen LogP contribution in [0.2, 0.25) is 5.02 Å². The Bertz CT molecular complexity index is 422. The maximum atomic E-state index is 13.8. The largest absolute Gasteiger partial charge is 0.469 e. The summed E-state index contributed by atoms with van der Waals surface area (Å²) in [6.07, 6.45) is 0.242. The van der Waals surface area contributed by atoms with Gasteiger partial charge in [0.15, 0.2) is 0 Å². The summed E-state index contributed by atoms with van der Waals surface area (Å²) in [6, 6.07) is 4.58.